The normalized spacial score (nSPS) is 48.5. The molecule has 3 rings (SSSR count). The monoisotopic (exact) mass is 316 g/mol. The van der Waals surface area contributed by atoms with Gasteiger partial charge in [-0.3, -0.25) is 0 Å². The molecule has 9 nitrogen and oxygen atoms in total. The van der Waals surface area contributed by atoms with E-state index in [0.717, 1.165) is 6.42 Å². The first kappa shape index (κ1) is 15.9. The van der Waals surface area contributed by atoms with Gasteiger partial charge in [0.1, 0.15) is 18.3 Å². The van der Waals surface area contributed by atoms with E-state index in [0.29, 0.717) is 19.4 Å². The number of hydrogen-bond acceptors (Lipinski definition) is 7. The first-order chi connectivity index (χ1) is 10.5. The fraction of sp³-hybridized carbons (Fsp3) is 0.923. The third kappa shape index (κ3) is 2.92. The fourth-order valence-electron chi connectivity index (χ4n) is 3.39. The lowest BCUT2D eigenvalue weighted by atomic mass is 9.82. The Morgan fingerprint density at radius 2 is 1.95 bits per heavy atom. The van der Waals surface area contributed by atoms with Crippen LogP contribution in [0.15, 0.2) is 0 Å². The van der Waals surface area contributed by atoms with Gasteiger partial charge in [0.2, 0.25) is 0 Å². The minimum atomic E-state index is -1.13. The molecule has 22 heavy (non-hydrogen) atoms. The van der Waals surface area contributed by atoms with Crippen LogP contribution in [0.2, 0.25) is 0 Å². The number of nitrogens with two attached hydrogens (primary N) is 2. The average molecular weight is 316 g/mol. The highest BCUT2D eigenvalue weighted by molar-refractivity contribution is 5.76. The Balaban J connectivity index is 1.70. The summed E-state index contributed by atoms with van der Waals surface area (Å²) in [6.45, 7) is 0.370. The van der Waals surface area contributed by atoms with Crippen LogP contribution < -0.4 is 22.1 Å². The molecular formula is C13H24N4O5. The predicted molar refractivity (Wildman–Crippen MR) is 75.7 cm³/mol. The maximum Gasteiger partial charge on any atom is 0.315 e. The number of urea groups is 1. The summed E-state index contributed by atoms with van der Waals surface area (Å²) in [6.07, 6.45) is -1.90. The molecule has 2 heterocycles. The number of fused-ring (bicyclic) bond motifs is 2. The van der Waals surface area contributed by atoms with Gasteiger partial charge in [0.15, 0.2) is 6.29 Å². The first-order valence-electron chi connectivity index (χ1n) is 7.69. The van der Waals surface area contributed by atoms with Crippen molar-refractivity contribution in [2.24, 2.45) is 11.5 Å². The molecule has 2 bridgehead atoms. The van der Waals surface area contributed by atoms with Gasteiger partial charge in [-0.25, -0.2) is 4.79 Å². The minimum absolute atomic E-state index is 0.134. The van der Waals surface area contributed by atoms with Gasteiger partial charge in [-0.1, -0.05) is 0 Å². The van der Waals surface area contributed by atoms with Crippen LogP contribution in [0.1, 0.15) is 19.3 Å². The molecule has 0 spiro atoms. The molecule has 9 heteroatoms. The molecule has 2 aliphatic heterocycles. The van der Waals surface area contributed by atoms with Crippen LogP contribution in [0, 0.1) is 0 Å². The zero-order chi connectivity index (χ0) is 15.9. The number of hydrogen-bond donors (Lipinski definition) is 6. The number of rotatable bonds is 3. The summed E-state index contributed by atoms with van der Waals surface area (Å²) >= 11 is 0. The second kappa shape index (κ2) is 6.26. The van der Waals surface area contributed by atoms with Crippen LogP contribution in [0.25, 0.3) is 0 Å². The van der Waals surface area contributed by atoms with Gasteiger partial charge < -0.3 is 41.8 Å². The zero-order valence-corrected chi connectivity index (χ0v) is 12.2. The lowest BCUT2D eigenvalue weighted by molar-refractivity contribution is -0.255. The SMILES string of the molecule is NC[C@@H]1CC[C@@H](N)[C@@H](O[C@H]2[C@H](O)[C@@H](O)C3C[C@@H]2NC(=O)N3)O1. The Bertz CT molecular complexity index is 425. The van der Waals surface area contributed by atoms with Crippen LogP contribution in [-0.4, -0.2) is 71.6 Å². The Morgan fingerprint density at radius 3 is 2.68 bits per heavy atom. The van der Waals surface area contributed by atoms with Crippen molar-refractivity contribution in [2.75, 3.05) is 6.54 Å². The highest BCUT2D eigenvalue weighted by Gasteiger charge is 2.49. The number of nitrogens with one attached hydrogen (secondary N) is 2. The minimum Gasteiger partial charge on any atom is -0.388 e. The van der Waals surface area contributed by atoms with E-state index in [4.69, 9.17) is 20.9 Å². The third-order valence-corrected chi connectivity index (χ3v) is 4.69. The number of carbonyl (C=O) groups is 1. The van der Waals surface area contributed by atoms with Crippen molar-refractivity contribution >= 4 is 6.03 Å². The highest BCUT2D eigenvalue weighted by Crippen LogP contribution is 2.29. The molecule has 0 radical (unpaired) electrons. The standard InChI is InChI=1S/C13H24N4O5/c14-4-5-1-2-6(15)12(21-5)22-11-8-3-7(9(18)10(11)19)16-13(20)17-8/h5-12,18-19H,1-4,14-15H2,(H2,16,17,20)/t5-,6+,7?,8-,9-,10+,11+,12+/m0/s1. The third-order valence-electron chi connectivity index (χ3n) is 4.69. The largest absolute Gasteiger partial charge is 0.388 e. The van der Waals surface area contributed by atoms with Crippen molar-refractivity contribution in [2.45, 2.75) is 68.1 Å². The Kier molecular flexibility index (Phi) is 4.53. The summed E-state index contributed by atoms with van der Waals surface area (Å²) in [4.78, 5) is 11.6. The van der Waals surface area contributed by atoms with Crippen molar-refractivity contribution in [1.82, 2.24) is 10.6 Å². The van der Waals surface area contributed by atoms with Crippen LogP contribution in [0.5, 0.6) is 0 Å². The second-order valence-corrected chi connectivity index (χ2v) is 6.25. The number of ether oxygens (including phenoxy) is 2. The maximum atomic E-state index is 11.6. The van der Waals surface area contributed by atoms with Gasteiger partial charge in [-0.05, 0) is 19.3 Å². The Labute approximate surface area is 128 Å². The van der Waals surface area contributed by atoms with Gasteiger partial charge in [0, 0.05) is 6.54 Å². The van der Waals surface area contributed by atoms with E-state index in [2.05, 4.69) is 10.6 Å². The summed E-state index contributed by atoms with van der Waals surface area (Å²) < 4.78 is 11.5. The van der Waals surface area contributed by atoms with Crippen molar-refractivity contribution in [3.05, 3.63) is 0 Å². The van der Waals surface area contributed by atoms with Gasteiger partial charge in [0.25, 0.3) is 0 Å². The van der Waals surface area contributed by atoms with Crippen LogP contribution >= 0.6 is 0 Å². The van der Waals surface area contributed by atoms with E-state index in [1.54, 1.807) is 0 Å². The van der Waals surface area contributed by atoms with E-state index in [9.17, 15) is 15.0 Å². The lowest BCUT2D eigenvalue weighted by Crippen LogP contribution is -2.71. The summed E-state index contributed by atoms with van der Waals surface area (Å²) in [5, 5.41) is 25.7. The molecule has 1 saturated carbocycles. The fourth-order valence-corrected chi connectivity index (χ4v) is 3.39. The van der Waals surface area contributed by atoms with Crippen LogP contribution in [0.3, 0.4) is 0 Å². The Morgan fingerprint density at radius 1 is 1.23 bits per heavy atom. The maximum absolute atomic E-state index is 11.6. The first-order valence-corrected chi connectivity index (χ1v) is 7.69. The summed E-state index contributed by atoms with van der Waals surface area (Å²) in [6, 6.07) is -1.59. The summed E-state index contributed by atoms with van der Waals surface area (Å²) in [5.41, 5.74) is 11.6. The number of amides is 2. The van der Waals surface area contributed by atoms with Gasteiger partial charge >= 0.3 is 6.03 Å². The molecule has 0 aromatic rings. The molecule has 0 aromatic heterocycles. The van der Waals surface area contributed by atoms with E-state index >= 15 is 0 Å². The lowest BCUT2D eigenvalue weighted by Gasteiger charge is -2.48. The van der Waals surface area contributed by atoms with Crippen molar-refractivity contribution in [1.29, 1.82) is 0 Å². The molecule has 126 valence electrons. The molecule has 1 aliphatic carbocycles. The van der Waals surface area contributed by atoms with E-state index in [1.807, 2.05) is 0 Å². The smallest absolute Gasteiger partial charge is 0.315 e. The summed E-state index contributed by atoms with van der Waals surface area (Å²) in [5.74, 6) is 0. The molecule has 8 atom stereocenters. The quantitative estimate of drug-likeness (QED) is 0.332. The van der Waals surface area contributed by atoms with Gasteiger partial charge in [-0.15, -0.1) is 0 Å². The van der Waals surface area contributed by atoms with Crippen molar-refractivity contribution < 1.29 is 24.5 Å². The molecule has 2 amide bonds. The van der Waals surface area contributed by atoms with Gasteiger partial charge in [0.05, 0.1) is 24.2 Å². The highest BCUT2D eigenvalue weighted by atomic mass is 16.7. The van der Waals surface area contributed by atoms with E-state index in [-0.39, 0.29) is 18.2 Å². The van der Waals surface area contributed by atoms with Crippen LogP contribution in [-0.2, 0) is 9.47 Å². The van der Waals surface area contributed by atoms with Gasteiger partial charge in [-0.2, -0.15) is 0 Å². The molecule has 1 unspecified atom stereocenters. The van der Waals surface area contributed by atoms with Crippen LogP contribution in [0.4, 0.5) is 4.79 Å². The molecule has 2 saturated heterocycles. The molecule has 3 fully saturated rings. The zero-order valence-electron chi connectivity index (χ0n) is 12.2. The molecule has 8 N–H and O–H groups in total. The predicted octanol–water partition coefficient (Wildman–Crippen LogP) is -2.66. The average Bonchev–Trinajstić information content (AvgIpc) is 2.51. The molecule has 3 aliphatic rings. The number of carbonyl (C=O) groups excluding carboxylic acids is 1. The molecule has 0 aromatic carbocycles. The van der Waals surface area contributed by atoms with Crippen molar-refractivity contribution in [3.63, 3.8) is 0 Å². The van der Waals surface area contributed by atoms with E-state index < -0.39 is 36.7 Å². The van der Waals surface area contributed by atoms with Crippen molar-refractivity contribution in [3.8, 4) is 0 Å². The number of aliphatic hydroxyl groups excluding tert-OH is 2. The topological polar surface area (TPSA) is 152 Å². The van der Waals surface area contributed by atoms with E-state index in [1.165, 1.54) is 0 Å². The number of aliphatic hydroxyl groups is 2. The summed E-state index contributed by atoms with van der Waals surface area (Å²) in [7, 11) is 0. The Hall–Kier alpha value is -0.970. The second-order valence-electron chi connectivity index (χ2n) is 6.25. The molecular weight excluding hydrogens is 292 g/mol.